The van der Waals surface area contributed by atoms with Gasteiger partial charge in [-0.1, -0.05) is 29.8 Å². The van der Waals surface area contributed by atoms with Gasteiger partial charge in [-0.25, -0.2) is 0 Å². The van der Waals surface area contributed by atoms with Crippen LogP contribution < -0.4 is 5.32 Å². The lowest BCUT2D eigenvalue weighted by Crippen LogP contribution is -2.23. The zero-order chi connectivity index (χ0) is 11.8. The summed E-state index contributed by atoms with van der Waals surface area (Å²) < 4.78 is 0. The Labute approximate surface area is 103 Å². The largest absolute Gasteiger partial charge is 0.311 e. The van der Waals surface area contributed by atoms with E-state index in [1.54, 1.807) is 6.20 Å². The fourth-order valence-corrected chi connectivity index (χ4v) is 2.45. The van der Waals surface area contributed by atoms with E-state index in [4.69, 9.17) is 11.6 Å². The molecule has 1 aromatic heterocycles. The first kappa shape index (κ1) is 10.4. The fraction of sp³-hybridized carbons (Fsp3) is 0.167. The average molecular weight is 248 g/mol. The Morgan fingerprint density at radius 1 is 1.29 bits per heavy atom. The first-order valence-corrected chi connectivity index (χ1v) is 5.71. The molecule has 1 aromatic carbocycles. The first-order valence-electron chi connectivity index (χ1n) is 5.33. The lowest BCUT2D eigenvalue weighted by Gasteiger charge is -2.22. The molecule has 3 rings (SSSR count). The summed E-state index contributed by atoms with van der Waals surface area (Å²) in [7, 11) is 0. The van der Waals surface area contributed by atoms with Gasteiger partial charge in [-0.15, -0.1) is 0 Å². The number of fused-ring (bicyclic) bond motifs is 1. The molecule has 86 valence electrons. The summed E-state index contributed by atoms with van der Waals surface area (Å²) >= 11 is 6.18. The van der Waals surface area contributed by atoms with Crippen molar-refractivity contribution in [1.29, 1.82) is 0 Å². The van der Waals surface area contributed by atoms with Gasteiger partial charge in [0.15, 0.2) is 0 Å². The van der Waals surface area contributed by atoms with Gasteiger partial charge in [-0.05, 0) is 11.6 Å². The SMILES string of the molecule is O=C1C[C@H](c2ccccc2Cl)c2cn[nH]c2N1. The number of hydrogen-bond donors (Lipinski definition) is 2. The Kier molecular flexibility index (Phi) is 2.37. The van der Waals surface area contributed by atoms with Crippen LogP contribution in [0.15, 0.2) is 30.5 Å². The maximum Gasteiger partial charge on any atom is 0.226 e. The van der Waals surface area contributed by atoms with Crippen LogP contribution in [0.2, 0.25) is 5.02 Å². The maximum atomic E-state index is 11.6. The minimum atomic E-state index is -0.0220. The van der Waals surface area contributed by atoms with Crippen molar-refractivity contribution >= 4 is 23.3 Å². The fourth-order valence-electron chi connectivity index (χ4n) is 2.18. The van der Waals surface area contributed by atoms with Crippen molar-refractivity contribution in [2.75, 3.05) is 5.32 Å². The van der Waals surface area contributed by atoms with Gasteiger partial charge in [0.2, 0.25) is 5.91 Å². The number of carbonyl (C=O) groups is 1. The number of rotatable bonds is 1. The molecule has 2 N–H and O–H groups in total. The van der Waals surface area contributed by atoms with Crippen molar-refractivity contribution in [2.24, 2.45) is 0 Å². The summed E-state index contributed by atoms with van der Waals surface area (Å²) in [5.74, 6) is 0.629. The van der Waals surface area contributed by atoms with Crippen LogP contribution in [0, 0.1) is 0 Å². The zero-order valence-corrected chi connectivity index (χ0v) is 9.66. The van der Waals surface area contributed by atoms with Crippen LogP contribution >= 0.6 is 11.6 Å². The van der Waals surface area contributed by atoms with Crippen molar-refractivity contribution in [3.05, 3.63) is 46.6 Å². The predicted molar refractivity (Wildman–Crippen MR) is 65.1 cm³/mol. The molecule has 0 fully saturated rings. The predicted octanol–water partition coefficient (Wildman–Crippen LogP) is 2.54. The number of aromatic nitrogens is 2. The molecular formula is C12H10ClN3O. The molecule has 1 amide bonds. The molecule has 1 aliphatic rings. The molecule has 1 atom stereocenters. The number of carbonyl (C=O) groups excluding carboxylic acids is 1. The Balaban J connectivity index is 2.11. The molecule has 4 nitrogen and oxygen atoms in total. The van der Waals surface area contributed by atoms with Gasteiger partial charge in [0.1, 0.15) is 5.82 Å². The number of H-pyrrole nitrogens is 1. The molecule has 0 spiro atoms. The number of amides is 1. The normalized spacial score (nSPS) is 18.6. The van der Waals surface area contributed by atoms with E-state index in [2.05, 4.69) is 15.5 Å². The topological polar surface area (TPSA) is 57.8 Å². The Morgan fingerprint density at radius 3 is 2.94 bits per heavy atom. The van der Waals surface area contributed by atoms with Gasteiger partial charge < -0.3 is 5.32 Å². The third kappa shape index (κ3) is 1.70. The van der Waals surface area contributed by atoms with Crippen molar-refractivity contribution < 1.29 is 4.79 Å². The summed E-state index contributed by atoms with van der Waals surface area (Å²) in [4.78, 5) is 11.6. The summed E-state index contributed by atoms with van der Waals surface area (Å²) in [5, 5.41) is 10.2. The number of benzene rings is 1. The monoisotopic (exact) mass is 247 g/mol. The van der Waals surface area contributed by atoms with E-state index in [0.717, 1.165) is 11.1 Å². The molecule has 2 heterocycles. The van der Waals surface area contributed by atoms with Gasteiger partial charge in [0, 0.05) is 22.9 Å². The van der Waals surface area contributed by atoms with Gasteiger partial charge in [-0.3, -0.25) is 9.89 Å². The highest BCUT2D eigenvalue weighted by Gasteiger charge is 2.29. The Morgan fingerprint density at radius 2 is 2.12 bits per heavy atom. The highest BCUT2D eigenvalue weighted by atomic mass is 35.5. The van der Waals surface area contributed by atoms with E-state index in [-0.39, 0.29) is 11.8 Å². The average Bonchev–Trinajstić information content (AvgIpc) is 2.76. The van der Waals surface area contributed by atoms with Gasteiger partial charge in [0.05, 0.1) is 6.20 Å². The van der Waals surface area contributed by atoms with Crippen LogP contribution in [0.25, 0.3) is 0 Å². The van der Waals surface area contributed by atoms with Crippen LogP contribution in [0.4, 0.5) is 5.82 Å². The number of nitrogens with zero attached hydrogens (tertiary/aromatic N) is 1. The highest BCUT2D eigenvalue weighted by molar-refractivity contribution is 6.31. The number of halogens is 1. The number of hydrogen-bond acceptors (Lipinski definition) is 2. The first-order chi connectivity index (χ1) is 8.25. The minimum Gasteiger partial charge on any atom is -0.311 e. The Bertz CT molecular complexity index is 579. The molecule has 0 aliphatic carbocycles. The van der Waals surface area contributed by atoms with Crippen molar-refractivity contribution in [3.63, 3.8) is 0 Å². The van der Waals surface area contributed by atoms with Crippen LogP contribution in [0.1, 0.15) is 23.5 Å². The van der Waals surface area contributed by atoms with E-state index in [0.29, 0.717) is 17.3 Å². The van der Waals surface area contributed by atoms with E-state index in [1.807, 2.05) is 24.3 Å². The van der Waals surface area contributed by atoms with Crippen molar-refractivity contribution in [3.8, 4) is 0 Å². The van der Waals surface area contributed by atoms with Crippen LogP contribution in [-0.4, -0.2) is 16.1 Å². The summed E-state index contributed by atoms with van der Waals surface area (Å²) in [6.07, 6.45) is 2.14. The molecular weight excluding hydrogens is 238 g/mol. The van der Waals surface area contributed by atoms with E-state index >= 15 is 0 Å². The number of nitrogens with one attached hydrogen (secondary N) is 2. The quantitative estimate of drug-likeness (QED) is 0.814. The summed E-state index contributed by atoms with van der Waals surface area (Å²) in [5.41, 5.74) is 1.95. The lowest BCUT2D eigenvalue weighted by molar-refractivity contribution is -0.116. The van der Waals surface area contributed by atoms with E-state index in [1.165, 1.54) is 0 Å². The van der Waals surface area contributed by atoms with Crippen LogP contribution in [0.5, 0.6) is 0 Å². The summed E-state index contributed by atoms with van der Waals surface area (Å²) in [6, 6.07) is 7.59. The number of anilines is 1. The summed E-state index contributed by atoms with van der Waals surface area (Å²) in [6.45, 7) is 0. The number of aromatic amines is 1. The van der Waals surface area contributed by atoms with Crippen LogP contribution in [0.3, 0.4) is 0 Å². The third-order valence-electron chi connectivity index (χ3n) is 2.98. The molecule has 2 aromatic rings. The van der Waals surface area contributed by atoms with E-state index < -0.39 is 0 Å². The molecule has 17 heavy (non-hydrogen) atoms. The molecule has 0 unspecified atom stereocenters. The molecule has 5 heteroatoms. The molecule has 0 saturated heterocycles. The molecule has 0 saturated carbocycles. The van der Waals surface area contributed by atoms with E-state index in [9.17, 15) is 4.79 Å². The minimum absolute atomic E-state index is 0.0216. The van der Waals surface area contributed by atoms with Gasteiger partial charge >= 0.3 is 0 Å². The Hall–Kier alpha value is -1.81. The van der Waals surface area contributed by atoms with Crippen molar-refractivity contribution in [1.82, 2.24) is 10.2 Å². The van der Waals surface area contributed by atoms with Gasteiger partial charge in [-0.2, -0.15) is 5.10 Å². The van der Waals surface area contributed by atoms with Crippen molar-refractivity contribution in [2.45, 2.75) is 12.3 Å². The zero-order valence-electron chi connectivity index (χ0n) is 8.90. The van der Waals surface area contributed by atoms with Crippen LogP contribution in [-0.2, 0) is 4.79 Å². The second-order valence-corrected chi connectivity index (χ2v) is 4.43. The second-order valence-electron chi connectivity index (χ2n) is 4.03. The molecule has 1 aliphatic heterocycles. The highest BCUT2D eigenvalue weighted by Crippen LogP contribution is 2.38. The lowest BCUT2D eigenvalue weighted by atomic mass is 9.87. The maximum absolute atomic E-state index is 11.6. The molecule has 0 bridgehead atoms. The molecule has 0 radical (unpaired) electrons. The van der Waals surface area contributed by atoms with Gasteiger partial charge in [0.25, 0.3) is 0 Å². The smallest absolute Gasteiger partial charge is 0.226 e. The third-order valence-corrected chi connectivity index (χ3v) is 3.32. The second kappa shape index (κ2) is 3.89. The standard InChI is InChI=1S/C12H10ClN3O/c13-10-4-2-1-3-7(10)8-5-11(17)15-12-9(8)6-14-16-12/h1-4,6,8H,5H2,(H2,14,15,16,17)/t8-/m1/s1.